The van der Waals surface area contributed by atoms with Crippen LogP contribution in [0.4, 0.5) is 0 Å². The molecular weight excluding hydrogens is 388 g/mol. The number of benzene rings is 1. The molecule has 0 bridgehead atoms. The maximum atomic E-state index is 11.9. The van der Waals surface area contributed by atoms with E-state index in [4.69, 9.17) is 14.4 Å². The van der Waals surface area contributed by atoms with Crippen molar-refractivity contribution in [3.8, 4) is 6.07 Å². The predicted octanol–water partition coefficient (Wildman–Crippen LogP) is 3.37. The van der Waals surface area contributed by atoms with E-state index >= 15 is 0 Å². The molecular formula is C18H15BrN2O4. The summed E-state index contributed by atoms with van der Waals surface area (Å²) in [5.74, 6) is -0.994. The van der Waals surface area contributed by atoms with Crippen LogP contribution in [-0.2, 0) is 14.3 Å². The fourth-order valence-electron chi connectivity index (χ4n) is 1.98. The molecule has 128 valence electrons. The number of nitrogens with zero attached hydrogens (tertiary/aromatic N) is 1. The Morgan fingerprint density at radius 1 is 1.36 bits per heavy atom. The first kappa shape index (κ1) is 18.5. The third kappa shape index (κ3) is 5.62. The molecule has 7 heteroatoms. The van der Waals surface area contributed by atoms with Gasteiger partial charge in [-0.3, -0.25) is 4.79 Å². The first-order chi connectivity index (χ1) is 12.0. The summed E-state index contributed by atoms with van der Waals surface area (Å²) in [4.78, 5) is 23.8. The molecule has 1 amide bonds. The number of carbonyl (C=O) groups excluding carboxylic acids is 2. The third-order valence-corrected chi connectivity index (χ3v) is 3.78. The molecule has 0 fully saturated rings. The van der Waals surface area contributed by atoms with Gasteiger partial charge in [-0.25, -0.2) is 4.79 Å². The van der Waals surface area contributed by atoms with Gasteiger partial charge in [-0.2, -0.15) is 5.26 Å². The van der Waals surface area contributed by atoms with Crippen molar-refractivity contribution in [2.24, 2.45) is 0 Å². The summed E-state index contributed by atoms with van der Waals surface area (Å²) < 4.78 is 10.8. The molecule has 0 spiro atoms. The van der Waals surface area contributed by atoms with Crippen molar-refractivity contribution in [3.05, 3.63) is 64.0 Å². The van der Waals surface area contributed by atoms with Crippen LogP contribution in [0.25, 0.3) is 6.08 Å². The number of nitrogens with one attached hydrogen (secondary N) is 1. The first-order valence-corrected chi connectivity index (χ1v) is 8.16. The molecule has 0 aliphatic heterocycles. The highest BCUT2D eigenvalue weighted by Crippen LogP contribution is 2.16. The van der Waals surface area contributed by atoms with E-state index < -0.39 is 18.5 Å². The Labute approximate surface area is 153 Å². The zero-order chi connectivity index (χ0) is 18.2. The number of halogens is 1. The van der Waals surface area contributed by atoms with E-state index in [-0.39, 0.29) is 11.6 Å². The predicted molar refractivity (Wildman–Crippen MR) is 94.0 cm³/mol. The second-order valence-corrected chi connectivity index (χ2v) is 6.02. The molecule has 2 rings (SSSR count). The second kappa shape index (κ2) is 8.85. The van der Waals surface area contributed by atoms with Crippen LogP contribution in [0.3, 0.4) is 0 Å². The number of nitriles is 1. The quantitative estimate of drug-likeness (QED) is 0.454. The Morgan fingerprint density at radius 2 is 2.08 bits per heavy atom. The zero-order valence-corrected chi connectivity index (χ0v) is 14.9. The SMILES string of the molecule is C[C@H](NC(=O)COC(=O)/C(C#N)=C/c1ccco1)c1ccc(Br)cc1. The van der Waals surface area contributed by atoms with Crippen molar-refractivity contribution in [2.45, 2.75) is 13.0 Å². The van der Waals surface area contributed by atoms with Crippen molar-refractivity contribution >= 4 is 33.9 Å². The summed E-state index contributed by atoms with van der Waals surface area (Å²) in [5.41, 5.74) is 0.669. The van der Waals surface area contributed by atoms with Crippen LogP contribution in [0.2, 0.25) is 0 Å². The van der Waals surface area contributed by atoms with Gasteiger partial charge < -0.3 is 14.5 Å². The van der Waals surface area contributed by atoms with Crippen LogP contribution in [0, 0.1) is 11.3 Å². The molecule has 0 aliphatic rings. The topological polar surface area (TPSA) is 92.3 Å². The van der Waals surface area contributed by atoms with Gasteiger partial charge in [-0.15, -0.1) is 0 Å². The van der Waals surface area contributed by atoms with Crippen LogP contribution in [0.1, 0.15) is 24.3 Å². The molecule has 0 saturated heterocycles. The van der Waals surface area contributed by atoms with Crippen molar-refractivity contribution in [2.75, 3.05) is 6.61 Å². The Bertz CT molecular complexity index is 805. The fraction of sp³-hybridized carbons (Fsp3) is 0.167. The number of ether oxygens (including phenoxy) is 1. The number of hydrogen-bond acceptors (Lipinski definition) is 5. The summed E-state index contributed by atoms with van der Waals surface area (Å²) in [5, 5.41) is 11.7. The van der Waals surface area contributed by atoms with Crippen LogP contribution >= 0.6 is 15.9 Å². The fourth-order valence-corrected chi connectivity index (χ4v) is 2.24. The molecule has 1 atom stereocenters. The van der Waals surface area contributed by atoms with Gasteiger partial charge in [0.15, 0.2) is 6.61 Å². The average Bonchev–Trinajstić information content (AvgIpc) is 3.11. The number of furan rings is 1. The second-order valence-electron chi connectivity index (χ2n) is 5.10. The van der Waals surface area contributed by atoms with Gasteiger partial charge in [-0.1, -0.05) is 28.1 Å². The van der Waals surface area contributed by atoms with Crippen molar-refractivity contribution in [3.63, 3.8) is 0 Å². The van der Waals surface area contributed by atoms with Gasteiger partial charge in [0.25, 0.3) is 5.91 Å². The minimum absolute atomic E-state index is 0.242. The smallest absolute Gasteiger partial charge is 0.349 e. The molecule has 6 nitrogen and oxygen atoms in total. The molecule has 1 N–H and O–H groups in total. The molecule has 1 aromatic carbocycles. The van der Waals surface area contributed by atoms with Crippen molar-refractivity contribution in [1.29, 1.82) is 5.26 Å². The number of amides is 1. The van der Waals surface area contributed by atoms with Gasteiger partial charge in [0, 0.05) is 10.5 Å². The highest BCUT2D eigenvalue weighted by atomic mass is 79.9. The molecule has 0 radical (unpaired) electrons. The summed E-state index contributed by atoms with van der Waals surface area (Å²) in [6, 6.07) is 12.2. The van der Waals surface area contributed by atoms with Gasteiger partial charge in [0.2, 0.25) is 0 Å². The lowest BCUT2D eigenvalue weighted by atomic mass is 10.1. The third-order valence-electron chi connectivity index (χ3n) is 3.25. The van der Waals surface area contributed by atoms with E-state index in [1.807, 2.05) is 31.2 Å². The first-order valence-electron chi connectivity index (χ1n) is 7.37. The minimum Gasteiger partial charge on any atom is -0.465 e. The summed E-state index contributed by atoms with van der Waals surface area (Å²) >= 11 is 3.34. The standard InChI is InChI=1S/C18H15BrN2O4/c1-12(13-4-6-15(19)7-5-13)21-17(22)11-25-18(23)14(10-20)9-16-3-2-8-24-16/h2-9,12H,11H2,1H3,(H,21,22)/b14-9+/t12-/m0/s1. The number of rotatable bonds is 6. The van der Waals surface area contributed by atoms with E-state index in [1.54, 1.807) is 18.2 Å². The molecule has 25 heavy (non-hydrogen) atoms. The van der Waals surface area contributed by atoms with Crippen LogP contribution < -0.4 is 5.32 Å². The Hall–Kier alpha value is -2.85. The molecule has 2 aromatic rings. The average molecular weight is 403 g/mol. The Morgan fingerprint density at radius 3 is 2.68 bits per heavy atom. The van der Waals surface area contributed by atoms with E-state index in [9.17, 15) is 9.59 Å². The van der Waals surface area contributed by atoms with Crippen LogP contribution in [0.5, 0.6) is 0 Å². The minimum atomic E-state index is -0.884. The highest BCUT2D eigenvalue weighted by Gasteiger charge is 2.15. The molecule has 0 saturated carbocycles. The van der Waals surface area contributed by atoms with Gasteiger partial charge >= 0.3 is 5.97 Å². The number of carbonyl (C=O) groups is 2. The van der Waals surface area contributed by atoms with Crippen LogP contribution in [0.15, 0.2) is 57.1 Å². The summed E-state index contributed by atoms with van der Waals surface area (Å²) in [7, 11) is 0. The van der Waals surface area contributed by atoms with E-state index in [1.165, 1.54) is 12.3 Å². The van der Waals surface area contributed by atoms with Gasteiger partial charge in [0.05, 0.1) is 12.3 Å². The molecule has 1 heterocycles. The lowest BCUT2D eigenvalue weighted by Gasteiger charge is -2.14. The van der Waals surface area contributed by atoms with E-state index in [0.29, 0.717) is 5.76 Å². The zero-order valence-electron chi connectivity index (χ0n) is 13.4. The molecule has 0 unspecified atom stereocenters. The largest absolute Gasteiger partial charge is 0.465 e. The summed E-state index contributed by atoms with van der Waals surface area (Å²) in [6.45, 7) is 1.34. The normalized spacial score (nSPS) is 12.1. The van der Waals surface area contributed by atoms with Gasteiger partial charge in [-0.05, 0) is 36.8 Å². The Balaban J connectivity index is 1.87. The lowest BCUT2D eigenvalue weighted by molar-refractivity contribution is -0.144. The van der Waals surface area contributed by atoms with Gasteiger partial charge in [0.1, 0.15) is 17.4 Å². The van der Waals surface area contributed by atoms with E-state index in [0.717, 1.165) is 10.0 Å². The summed E-state index contributed by atoms with van der Waals surface area (Å²) in [6.07, 6.45) is 2.67. The number of hydrogen-bond donors (Lipinski definition) is 1. The van der Waals surface area contributed by atoms with Crippen molar-refractivity contribution in [1.82, 2.24) is 5.32 Å². The lowest BCUT2D eigenvalue weighted by Crippen LogP contribution is -2.31. The van der Waals surface area contributed by atoms with Crippen LogP contribution in [-0.4, -0.2) is 18.5 Å². The number of esters is 1. The monoisotopic (exact) mass is 402 g/mol. The Kier molecular flexibility index (Phi) is 6.54. The van der Waals surface area contributed by atoms with E-state index in [2.05, 4.69) is 21.2 Å². The van der Waals surface area contributed by atoms with Crippen molar-refractivity contribution < 1.29 is 18.7 Å². The highest BCUT2D eigenvalue weighted by molar-refractivity contribution is 9.10. The molecule has 1 aromatic heterocycles. The maximum Gasteiger partial charge on any atom is 0.349 e. The molecule has 0 aliphatic carbocycles. The maximum absolute atomic E-state index is 11.9.